The number of carbonyl (C=O) groups is 1. The van der Waals surface area contributed by atoms with Gasteiger partial charge in [-0.3, -0.25) is 4.79 Å². The van der Waals surface area contributed by atoms with Crippen molar-refractivity contribution >= 4 is 11.4 Å². The lowest BCUT2D eigenvalue weighted by atomic mass is 9.99. The van der Waals surface area contributed by atoms with Crippen LogP contribution in [-0.2, 0) is 4.79 Å². The maximum atomic E-state index is 11.1. The normalized spacial score (nSPS) is 12.1. The predicted octanol–water partition coefficient (Wildman–Crippen LogP) is 3.54. The van der Waals surface area contributed by atoms with Gasteiger partial charge in [0.2, 0.25) is 0 Å². The molecule has 0 fully saturated rings. The molecule has 0 amide bonds. The zero-order chi connectivity index (χ0) is 11.3. The minimum Gasteiger partial charge on any atom is -0.295 e. The SMILES string of the molecule is C/C=C\C(=C/C(C)=O)c1ccccc1C. The fraction of sp³-hybridized carbons (Fsp3) is 0.214. The average molecular weight is 200 g/mol. The van der Waals surface area contributed by atoms with Crippen molar-refractivity contribution in [3.05, 3.63) is 53.6 Å². The van der Waals surface area contributed by atoms with Crippen LogP contribution in [0, 0.1) is 6.92 Å². The second-order valence-electron chi connectivity index (χ2n) is 3.53. The molecule has 78 valence electrons. The van der Waals surface area contributed by atoms with E-state index in [1.165, 1.54) is 5.56 Å². The minimum absolute atomic E-state index is 0.0753. The van der Waals surface area contributed by atoms with Gasteiger partial charge >= 0.3 is 0 Å². The summed E-state index contributed by atoms with van der Waals surface area (Å²) in [5, 5.41) is 0. The highest BCUT2D eigenvalue weighted by atomic mass is 16.1. The molecule has 0 saturated carbocycles. The Morgan fingerprint density at radius 1 is 1.27 bits per heavy atom. The van der Waals surface area contributed by atoms with E-state index in [-0.39, 0.29) is 5.78 Å². The van der Waals surface area contributed by atoms with Gasteiger partial charge in [-0.1, -0.05) is 36.4 Å². The molecule has 0 heterocycles. The van der Waals surface area contributed by atoms with Crippen LogP contribution in [-0.4, -0.2) is 5.78 Å². The fourth-order valence-corrected chi connectivity index (χ4v) is 1.51. The highest BCUT2D eigenvalue weighted by Gasteiger charge is 2.01. The van der Waals surface area contributed by atoms with Crippen LogP contribution in [0.15, 0.2) is 42.5 Å². The van der Waals surface area contributed by atoms with Gasteiger partial charge in [-0.15, -0.1) is 0 Å². The van der Waals surface area contributed by atoms with Gasteiger partial charge in [-0.2, -0.15) is 0 Å². The van der Waals surface area contributed by atoms with Crippen LogP contribution in [0.5, 0.6) is 0 Å². The van der Waals surface area contributed by atoms with E-state index in [2.05, 4.69) is 0 Å². The molecule has 1 heteroatoms. The third-order valence-corrected chi connectivity index (χ3v) is 2.16. The number of hydrogen-bond donors (Lipinski definition) is 0. The molecule has 15 heavy (non-hydrogen) atoms. The second kappa shape index (κ2) is 5.30. The van der Waals surface area contributed by atoms with Crippen LogP contribution >= 0.6 is 0 Å². The topological polar surface area (TPSA) is 17.1 Å². The summed E-state index contributed by atoms with van der Waals surface area (Å²) in [5.41, 5.74) is 3.28. The van der Waals surface area contributed by atoms with Crippen LogP contribution in [0.3, 0.4) is 0 Å². The molecule has 1 aromatic carbocycles. The van der Waals surface area contributed by atoms with E-state index < -0.39 is 0 Å². The number of hydrogen-bond acceptors (Lipinski definition) is 1. The van der Waals surface area contributed by atoms with Gasteiger partial charge < -0.3 is 0 Å². The molecule has 0 atom stereocenters. The van der Waals surface area contributed by atoms with Gasteiger partial charge in [0.15, 0.2) is 5.78 Å². The van der Waals surface area contributed by atoms with Crippen molar-refractivity contribution in [1.29, 1.82) is 0 Å². The van der Waals surface area contributed by atoms with Crippen molar-refractivity contribution in [2.24, 2.45) is 0 Å². The van der Waals surface area contributed by atoms with Crippen molar-refractivity contribution in [2.75, 3.05) is 0 Å². The maximum Gasteiger partial charge on any atom is 0.153 e. The highest BCUT2D eigenvalue weighted by molar-refractivity contribution is 5.97. The molecule has 1 aromatic rings. The van der Waals surface area contributed by atoms with E-state index in [1.54, 1.807) is 13.0 Å². The Labute approximate surface area is 91.1 Å². The van der Waals surface area contributed by atoms with E-state index >= 15 is 0 Å². The first-order chi connectivity index (χ1) is 7.15. The summed E-state index contributed by atoms with van der Waals surface area (Å²) >= 11 is 0. The van der Waals surface area contributed by atoms with Crippen molar-refractivity contribution in [3.63, 3.8) is 0 Å². The molecule has 0 saturated heterocycles. The highest BCUT2D eigenvalue weighted by Crippen LogP contribution is 2.19. The number of aryl methyl sites for hydroxylation is 1. The molecule has 1 nitrogen and oxygen atoms in total. The predicted molar refractivity (Wildman–Crippen MR) is 64.7 cm³/mol. The molecule has 0 unspecified atom stereocenters. The number of carbonyl (C=O) groups excluding carboxylic acids is 1. The Morgan fingerprint density at radius 2 is 1.93 bits per heavy atom. The summed E-state index contributed by atoms with van der Waals surface area (Å²) < 4.78 is 0. The zero-order valence-corrected chi connectivity index (χ0v) is 9.45. The summed E-state index contributed by atoms with van der Waals surface area (Å²) in [7, 11) is 0. The van der Waals surface area contributed by atoms with E-state index in [9.17, 15) is 4.79 Å². The van der Waals surface area contributed by atoms with Crippen molar-refractivity contribution in [2.45, 2.75) is 20.8 Å². The summed E-state index contributed by atoms with van der Waals surface area (Å²) in [6.07, 6.45) is 5.58. The average Bonchev–Trinajstić information content (AvgIpc) is 2.17. The Bertz CT molecular complexity index is 411. The zero-order valence-electron chi connectivity index (χ0n) is 9.45. The van der Waals surface area contributed by atoms with Gasteiger partial charge in [0.1, 0.15) is 0 Å². The molecule has 1 rings (SSSR count). The van der Waals surface area contributed by atoms with Gasteiger partial charge in [0, 0.05) is 0 Å². The monoisotopic (exact) mass is 200 g/mol. The first-order valence-electron chi connectivity index (χ1n) is 5.06. The fourth-order valence-electron chi connectivity index (χ4n) is 1.51. The molecule has 0 spiro atoms. The minimum atomic E-state index is 0.0753. The van der Waals surface area contributed by atoms with Crippen molar-refractivity contribution < 1.29 is 4.79 Å². The molecule has 0 aliphatic heterocycles. The van der Waals surface area contributed by atoms with Gasteiger partial charge in [-0.25, -0.2) is 0 Å². The maximum absolute atomic E-state index is 11.1. The standard InChI is InChI=1S/C14H16O/c1-4-7-13(10-12(3)15)14-9-6-5-8-11(14)2/h4-10H,1-3H3/b7-4-,13-10+. The molecule has 0 aliphatic carbocycles. The smallest absolute Gasteiger partial charge is 0.153 e. The summed E-state index contributed by atoms with van der Waals surface area (Å²) in [5.74, 6) is 0.0753. The number of rotatable bonds is 3. The number of benzene rings is 1. The summed E-state index contributed by atoms with van der Waals surface area (Å²) in [4.78, 5) is 11.1. The number of ketones is 1. The molecule has 0 radical (unpaired) electrons. The van der Waals surface area contributed by atoms with Crippen LogP contribution in [0.2, 0.25) is 0 Å². The summed E-state index contributed by atoms with van der Waals surface area (Å²) in [6, 6.07) is 8.07. The first kappa shape index (κ1) is 11.4. The lowest BCUT2D eigenvalue weighted by molar-refractivity contribution is -0.112. The number of allylic oxidation sites excluding steroid dienone is 4. The second-order valence-corrected chi connectivity index (χ2v) is 3.53. The Hall–Kier alpha value is -1.63. The Kier molecular flexibility index (Phi) is 4.04. The van der Waals surface area contributed by atoms with Crippen molar-refractivity contribution in [1.82, 2.24) is 0 Å². The quantitative estimate of drug-likeness (QED) is 0.538. The van der Waals surface area contributed by atoms with Gasteiger partial charge in [-0.05, 0) is 43.5 Å². The first-order valence-corrected chi connectivity index (χ1v) is 5.06. The molecule has 0 N–H and O–H groups in total. The third-order valence-electron chi connectivity index (χ3n) is 2.16. The lowest BCUT2D eigenvalue weighted by Crippen LogP contribution is -1.90. The Morgan fingerprint density at radius 3 is 2.47 bits per heavy atom. The Balaban J connectivity index is 3.22. The largest absolute Gasteiger partial charge is 0.295 e. The third kappa shape index (κ3) is 3.21. The van der Waals surface area contributed by atoms with E-state index in [0.717, 1.165) is 11.1 Å². The van der Waals surface area contributed by atoms with E-state index in [1.807, 2.05) is 50.3 Å². The van der Waals surface area contributed by atoms with Crippen LogP contribution in [0.1, 0.15) is 25.0 Å². The van der Waals surface area contributed by atoms with E-state index in [4.69, 9.17) is 0 Å². The summed E-state index contributed by atoms with van der Waals surface area (Å²) in [6.45, 7) is 5.57. The van der Waals surface area contributed by atoms with Gasteiger partial charge in [0.05, 0.1) is 0 Å². The molecular weight excluding hydrogens is 184 g/mol. The molecule has 0 aromatic heterocycles. The molecular formula is C14H16O. The van der Waals surface area contributed by atoms with Gasteiger partial charge in [0.25, 0.3) is 0 Å². The van der Waals surface area contributed by atoms with Crippen LogP contribution in [0.4, 0.5) is 0 Å². The van der Waals surface area contributed by atoms with Crippen LogP contribution in [0.25, 0.3) is 5.57 Å². The molecule has 0 bridgehead atoms. The lowest BCUT2D eigenvalue weighted by Gasteiger charge is -2.05. The van der Waals surface area contributed by atoms with Crippen LogP contribution < -0.4 is 0 Å². The van der Waals surface area contributed by atoms with E-state index in [0.29, 0.717) is 0 Å². The molecule has 0 aliphatic rings. The van der Waals surface area contributed by atoms with Crippen molar-refractivity contribution in [3.8, 4) is 0 Å².